The number of aryl methyl sites for hydroxylation is 2. The highest BCUT2D eigenvalue weighted by Gasteiger charge is 2.16. The van der Waals surface area contributed by atoms with Crippen LogP contribution >= 0.6 is 0 Å². The fourth-order valence-electron chi connectivity index (χ4n) is 2.94. The number of carbonyl (C=O) groups is 3. The lowest BCUT2D eigenvalue weighted by Crippen LogP contribution is -2.22. The van der Waals surface area contributed by atoms with Crippen molar-refractivity contribution in [2.24, 2.45) is 0 Å². The number of nitrogens with one attached hydrogen (secondary N) is 1. The minimum atomic E-state index is -0.574. The Balaban J connectivity index is 1.60. The number of anilines is 1. The number of methoxy groups -OCH3 is 1. The van der Waals surface area contributed by atoms with Gasteiger partial charge < -0.3 is 19.2 Å². The first-order valence-corrected chi connectivity index (χ1v) is 8.99. The first kappa shape index (κ1) is 20.1. The van der Waals surface area contributed by atoms with Crippen LogP contribution in [0.1, 0.15) is 27.0 Å². The zero-order valence-electron chi connectivity index (χ0n) is 16.4. The van der Waals surface area contributed by atoms with Crippen molar-refractivity contribution in [3.63, 3.8) is 0 Å². The topological polar surface area (TPSA) is 94.8 Å². The van der Waals surface area contributed by atoms with Crippen molar-refractivity contribution in [1.82, 2.24) is 0 Å². The van der Waals surface area contributed by atoms with Crippen LogP contribution in [0.4, 0.5) is 5.69 Å². The minimum Gasteiger partial charge on any atom is -0.465 e. The molecule has 1 aromatic heterocycles. The normalized spacial score (nSPS) is 10.6. The molecule has 0 atom stereocenters. The van der Waals surface area contributed by atoms with E-state index in [0.717, 1.165) is 22.1 Å². The Morgan fingerprint density at radius 3 is 2.59 bits per heavy atom. The summed E-state index contributed by atoms with van der Waals surface area (Å²) in [6, 6.07) is 10.3. The van der Waals surface area contributed by atoms with E-state index in [2.05, 4.69) is 10.1 Å². The number of furan rings is 1. The van der Waals surface area contributed by atoms with Crippen molar-refractivity contribution >= 4 is 34.5 Å². The largest absolute Gasteiger partial charge is 0.465 e. The van der Waals surface area contributed by atoms with Gasteiger partial charge in [-0.15, -0.1) is 0 Å². The molecule has 0 saturated carbocycles. The average molecular weight is 395 g/mol. The van der Waals surface area contributed by atoms with E-state index in [9.17, 15) is 14.4 Å². The number of amides is 1. The number of carbonyl (C=O) groups excluding carboxylic acids is 3. The fourth-order valence-corrected chi connectivity index (χ4v) is 2.94. The molecule has 2 aromatic carbocycles. The van der Waals surface area contributed by atoms with Crippen LogP contribution < -0.4 is 5.32 Å². The number of para-hydroxylation sites is 1. The van der Waals surface area contributed by atoms with Crippen molar-refractivity contribution in [2.75, 3.05) is 19.0 Å². The van der Waals surface area contributed by atoms with Crippen LogP contribution in [0, 0.1) is 13.8 Å². The van der Waals surface area contributed by atoms with Crippen molar-refractivity contribution in [3.8, 4) is 0 Å². The summed E-state index contributed by atoms with van der Waals surface area (Å²) in [5.74, 6) is -1.68. The summed E-state index contributed by atoms with van der Waals surface area (Å²) < 4.78 is 15.3. The molecule has 0 aliphatic heterocycles. The van der Waals surface area contributed by atoms with Gasteiger partial charge in [0, 0.05) is 10.9 Å². The van der Waals surface area contributed by atoms with E-state index in [0.29, 0.717) is 5.56 Å². The Bertz CT molecular complexity index is 1080. The van der Waals surface area contributed by atoms with Gasteiger partial charge in [-0.1, -0.05) is 24.3 Å². The van der Waals surface area contributed by atoms with E-state index in [1.807, 2.05) is 26.0 Å². The molecule has 1 heterocycles. The summed E-state index contributed by atoms with van der Waals surface area (Å²) >= 11 is 0. The molecule has 0 spiro atoms. The van der Waals surface area contributed by atoms with Gasteiger partial charge in [-0.05, 0) is 37.1 Å². The third-order valence-corrected chi connectivity index (χ3v) is 4.65. The summed E-state index contributed by atoms with van der Waals surface area (Å²) in [6.07, 6.45) is 1.52. The van der Waals surface area contributed by atoms with E-state index in [1.165, 1.54) is 19.4 Å². The standard InChI is InChI=1S/C22H21NO6/c1-13-8-9-16-15(11-29-21(16)14(13)2)10-20(25)28-12-19(24)23-18-7-5-4-6-17(18)22(26)27-3/h4-9,11H,10,12H2,1-3H3,(H,23,24). The quantitative estimate of drug-likeness (QED) is 0.641. The van der Waals surface area contributed by atoms with E-state index in [1.54, 1.807) is 18.2 Å². The Kier molecular flexibility index (Phi) is 5.97. The van der Waals surface area contributed by atoms with Gasteiger partial charge in [-0.2, -0.15) is 0 Å². The monoisotopic (exact) mass is 395 g/mol. The number of fused-ring (bicyclic) bond motifs is 1. The van der Waals surface area contributed by atoms with Crippen molar-refractivity contribution < 1.29 is 28.3 Å². The van der Waals surface area contributed by atoms with Crippen LogP contribution in [0.25, 0.3) is 11.0 Å². The van der Waals surface area contributed by atoms with E-state index >= 15 is 0 Å². The lowest BCUT2D eigenvalue weighted by Gasteiger charge is -2.10. The zero-order valence-corrected chi connectivity index (χ0v) is 16.4. The molecule has 0 saturated heterocycles. The number of rotatable bonds is 6. The zero-order chi connectivity index (χ0) is 21.0. The molecule has 1 amide bonds. The molecule has 3 rings (SSSR count). The van der Waals surface area contributed by atoms with Gasteiger partial charge in [0.05, 0.1) is 31.0 Å². The average Bonchev–Trinajstić information content (AvgIpc) is 3.12. The molecular weight excluding hydrogens is 374 g/mol. The van der Waals surface area contributed by atoms with E-state index in [-0.39, 0.29) is 17.7 Å². The third kappa shape index (κ3) is 4.45. The van der Waals surface area contributed by atoms with Crippen molar-refractivity contribution in [3.05, 3.63) is 64.9 Å². The van der Waals surface area contributed by atoms with Crippen molar-refractivity contribution in [2.45, 2.75) is 20.3 Å². The number of hydrogen-bond acceptors (Lipinski definition) is 6. The smallest absolute Gasteiger partial charge is 0.339 e. The highest BCUT2D eigenvalue weighted by atomic mass is 16.5. The SMILES string of the molecule is COC(=O)c1ccccc1NC(=O)COC(=O)Cc1coc2c(C)c(C)ccc12. The van der Waals surface area contributed by atoms with Gasteiger partial charge in [0.15, 0.2) is 6.61 Å². The van der Waals surface area contributed by atoms with Gasteiger partial charge in [0.1, 0.15) is 5.58 Å². The fraction of sp³-hybridized carbons (Fsp3) is 0.227. The molecule has 0 aliphatic carbocycles. The van der Waals surface area contributed by atoms with Gasteiger partial charge >= 0.3 is 11.9 Å². The molecule has 1 N–H and O–H groups in total. The molecule has 150 valence electrons. The van der Waals surface area contributed by atoms with Gasteiger partial charge in [-0.25, -0.2) is 4.79 Å². The lowest BCUT2D eigenvalue weighted by molar-refractivity contribution is -0.146. The summed E-state index contributed by atoms with van der Waals surface area (Å²) in [7, 11) is 1.26. The lowest BCUT2D eigenvalue weighted by atomic mass is 10.0. The first-order valence-electron chi connectivity index (χ1n) is 8.99. The third-order valence-electron chi connectivity index (χ3n) is 4.65. The maximum Gasteiger partial charge on any atom is 0.339 e. The maximum absolute atomic E-state index is 12.2. The summed E-state index contributed by atoms with van der Waals surface area (Å²) in [5.41, 5.74) is 4.06. The Labute approximate surface area is 167 Å². The molecule has 29 heavy (non-hydrogen) atoms. The second-order valence-corrected chi connectivity index (χ2v) is 6.57. The van der Waals surface area contributed by atoms with E-state index < -0.39 is 24.5 Å². The Hall–Kier alpha value is -3.61. The Morgan fingerprint density at radius 1 is 1.07 bits per heavy atom. The van der Waals surface area contributed by atoms with Crippen LogP contribution in [0.15, 0.2) is 47.1 Å². The highest BCUT2D eigenvalue weighted by molar-refractivity contribution is 6.02. The van der Waals surface area contributed by atoms with Crippen LogP contribution in [-0.2, 0) is 25.5 Å². The molecule has 0 unspecified atom stereocenters. The molecule has 7 nitrogen and oxygen atoms in total. The van der Waals surface area contributed by atoms with Gasteiger partial charge in [0.2, 0.25) is 0 Å². The molecule has 0 bridgehead atoms. The molecular formula is C22H21NO6. The molecule has 0 radical (unpaired) electrons. The maximum atomic E-state index is 12.2. The van der Waals surface area contributed by atoms with Crippen LogP contribution in [0.2, 0.25) is 0 Å². The second kappa shape index (κ2) is 8.60. The predicted molar refractivity (Wildman–Crippen MR) is 107 cm³/mol. The van der Waals surface area contributed by atoms with Gasteiger partial charge in [-0.3, -0.25) is 9.59 Å². The summed E-state index contributed by atoms with van der Waals surface area (Å²) in [4.78, 5) is 36.0. The Morgan fingerprint density at radius 2 is 1.83 bits per heavy atom. The van der Waals surface area contributed by atoms with Crippen molar-refractivity contribution in [1.29, 1.82) is 0 Å². The molecule has 0 fully saturated rings. The molecule has 0 aliphatic rings. The number of ether oxygens (including phenoxy) is 2. The molecule has 3 aromatic rings. The van der Waals surface area contributed by atoms with Crippen LogP contribution in [0.5, 0.6) is 0 Å². The number of hydrogen-bond donors (Lipinski definition) is 1. The highest BCUT2D eigenvalue weighted by Crippen LogP contribution is 2.27. The number of benzene rings is 2. The molecule has 7 heteroatoms. The predicted octanol–water partition coefficient (Wildman–Crippen LogP) is 3.56. The summed E-state index contributed by atoms with van der Waals surface area (Å²) in [6.45, 7) is 3.48. The van der Waals surface area contributed by atoms with E-state index in [4.69, 9.17) is 9.15 Å². The van der Waals surface area contributed by atoms with Gasteiger partial charge in [0.25, 0.3) is 5.91 Å². The number of esters is 2. The minimum absolute atomic E-state index is 0.0124. The summed E-state index contributed by atoms with van der Waals surface area (Å²) in [5, 5.41) is 3.40. The first-order chi connectivity index (χ1) is 13.9. The van der Waals surface area contributed by atoms with Crippen LogP contribution in [0.3, 0.4) is 0 Å². The second-order valence-electron chi connectivity index (χ2n) is 6.57. The van der Waals surface area contributed by atoms with Crippen LogP contribution in [-0.4, -0.2) is 31.6 Å².